The smallest absolute Gasteiger partial charge is 0.201 e. The van der Waals surface area contributed by atoms with Crippen LogP contribution < -0.4 is 0 Å². The molecular formula is C22H36O6. The second-order valence-corrected chi connectivity index (χ2v) is 10.0. The molecule has 2 bridgehead atoms. The Balaban J connectivity index is 1.43. The van der Waals surface area contributed by atoms with E-state index in [9.17, 15) is 0 Å². The van der Waals surface area contributed by atoms with Gasteiger partial charge < -0.3 is 18.9 Å². The monoisotopic (exact) mass is 396 g/mol. The lowest BCUT2D eigenvalue weighted by atomic mass is 9.58. The third-order valence-electron chi connectivity index (χ3n) is 8.35. The molecule has 28 heavy (non-hydrogen) atoms. The van der Waals surface area contributed by atoms with Crippen LogP contribution in [0.15, 0.2) is 0 Å². The molecule has 10 atom stereocenters. The van der Waals surface area contributed by atoms with E-state index in [0.717, 1.165) is 32.1 Å². The van der Waals surface area contributed by atoms with E-state index in [-0.39, 0.29) is 24.4 Å². The van der Waals surface area contributed by atoms with Crippen molar-refractivity contribution < 1.29 is 28.7 Å². The lowest BCUT2D eigenvalue weighted by Crippen LogP contribution is -2.70. The van der Waals surface area contributed by atoms with Crippen molar-refractivity contribution >= 4 is 0 Å². The summed E-state index contributed by atoms with van der Waals surface area (Å²) in [6, 6.07) is 0. The highest BCUT2D eigenvalue weighted by atomic mass is 17.3. The van der Waals surface area contributed by atoms with E-state index in [1.54, 1.807) is 7.11 Å². The molecule has 2 aliphatic carbocycles. The van der Waals surface area contributed by atoms with Gasteiger partial charge in [0.1, 0.15) is 0 Å². The van der Waals surface area contributed by atoms with E-state index < -0.39 is 17.7 Å². The van der Waals surface area contributed by atoms with Gasteiger partial charge in [0, 0.05) is 25.4 Å². The number of rotatable bonds is 3. The molecule has 2 saturated carbocycles. The average Bonchev–Trinajstić information content (AvgIpc) is 2.92. The van der Waals surface area contributed by atoms with Crippen LogP contribution >= 0.6 is 0 Å². The van der Waals surface area contributed by atoms with Gasteiger partial charge in [-0.25, -0.2) is 9.78 Å². The minimum absolute atomic E-state index is 0.0919. The first-order valence-corrected chi connectivity index (χ1v) is 11.4. The molecule has 4 heterocycles. The van der Waals surface area contributed by atoms with E-state index in [4.69, 9.17) is 28.7 Å². The molecule has 160 valence electrons. The van der Waals surface area contributed by atoms with Crippen molar-refractivity contribution in [2.75, 3.05) is 7.11 Å². The number of hydrogen-bond donors (Lipinski definition) is 0. The topological polar surface area (TPSA) is 55.4 Å². The van der Waals surface area contributed by atoms with Gasteiger partial charge in [0.15, 0.2) is 18.2 Å². The predicted octanol–water partition coefficient (Wildman–Crippen LogP) is 4.17. The quantitative estimate of drug-likeness (QED) is 0.668. The second kappa shape index (κ2) is 7.17. The van der Waals surface area contributed by atoms with Crippen molar-refractivity contribution in [1.29, 1.82) is 0 Å². The molecule has 4 saturated heterocycles. The molecule has 6 rings (SSSR count). The third kappa shape index (κ3) is 2.90. The molecule has 0 radical (unpaired) electrons. The van der Waals surface area contributed by atoms with Crippen LogP contribution in [0.2, 0.25) is 0 Å². The highest BCUT2D eigenvalue weighted by molar-refractivity contribution is 5.09. The molecule has 0 aromatic rings. The summed E-state index contributed by atoms with van der Waals surface area (Å²) in [7, 11) is 1.79. The van der Waals surface area contributed by atoms with Gasteiger partial charge in [0.05, 0.1) is 12.2 Å². The van der Waals surface area contributed by atoms with Crippen molar-refractivity contribution in [3.8, 4) is 0 Å². The summed E-state index contributed by atoms with van der Waals surface area (Å²) in [5.41, 5.74) is -0.514. The van der Waals surface area contributed by atoms with Gasteiger partial charge in [-0.2, -0.15) is 0 Å². The molecule has 6 unspecified atom stereocenters. The lowest BCUT2D eigenvalue weighted by molar-refractivity contribution is -0.578. The minimum Gasteiger partial charge on any atom is -0.379 e. The lowest BCUT2D eigenvalue weighted by Gasteiger charge is -2.60. The van der Waals surface area contributed by atoms with Gasteiger partial charge in [-0.1, -0.05) is 26.7 Å². The first-order chi connectivity index (χ1) is 13.5. The van der Waals surface area contributed by atoms with E-state index in [2.05, 4.69) is 13.8 Å². The predicted molar refractivity (Wildman–Crippen MR) is 101 cm³/mol. The van der Waals surface area contributed by atoms with Crippen molar-refractivity contribution in [3.05, 3.63) is 0 Å². The molecule has 6 heteroatoms. The summed E-state index contributed by atoms with van der Waals surface area (Å²) in [4.78, 5) is 12.1. The number of ether oxygens (including phenoxy) is 4. The van der Waals surface area contributed by atoms with E-state index in [1.807, 2.05) is 6.92 Å². The SMILES string of the molecule is COC1CCCCC1OC1O[C@@H]2OC3(C)CCC4[C@H](C)CCC([C@H]1C)[C@]42OO3. The average molecular weight is 397 g/mol. The fourth-order valence-corrected chi connectivity index (χ4v) is 6.69. The van der Waals surface area contributed by atoms with E-state index in [1.165, 1.54) is 19.3 Å². The fraction of sp³-hybridized carbons (Fsp3) is 1.00. The number of fused-ring (bicyclic) bond motifs is 2. The summed E-state index contributed by atoms with van der Waals surface area (Å²) < 4.78 is 25.2. The standard InChI is InChI=1S/C22H36O6/c1-13-9-10-16-14(2)19(24-18-8-6-5-7-17(18)23-4)25-20-22(16)15(13)11-12-21(3,26-20)27-28-22/h13-20H,5-12H2,1-4H3/t13-,14-,15?,16?,17?,18?,19?,20-,21?,22-/m1/s1. The Kier molecular flexibility index (Phi) is 5.05. The molecule has 6 fully saturated rings. The van der Waals surface area contributed by atoms with Crippen LogP contribution in [0.25, 0.3) is 0 Å². The molecule has 0 aromatic carbocycles. The van der Waals surface area contributed by atoms with Gasteiger partial charge in [-0.3, -0.25) is 0 Å². The highest BCUT2D eigenvalue weighted by Crippen LogP contribution is 2.60. The Hall–Kier alpha value is -0.240. The summed E-state index contributed by atoms with van der Waals surface area (Å²) in [6.07, 6.45) is 8.22. The maximum absolute atomic E-state index is 6.57. The van der Waals surface area contributed by atoms with Crippen LogP contribution in [0.4, 0.5) is 0 Å². The molecule has 4 aliphatic heterocycles. The summed E-state index contributed by atoms with van der Waals surface area (Å²) >= 11 is 0. The van der Waals surface area contributed by atoms with Gasteiger partial charge in [-0.15, -0.1) is 0 Å². The maximum atomic E-state index is 6.57. The van der Waals surface area contributed by atoms with Crippen LogP contribution in [0.1, 0.15) is 72.1 Å². The Morgan fingerprint density at radius 1 is 0.893 bits per heavy atom. The first-order valence-electron chi connectivity index (χ1n) is 11.4. The van der Waals surface area contributed by atoms with E-state index in [0.29, 0.717) is 17.8 Å². The van der Waals surface area contributed by atoms with Gasteiger partial charge in [-0.05, 0) is 50.9 Å². The largest absolute Gasteiger partial charge is 0.379 e. The summed E-state index contributed by atoms with van der Waals surface area (Å²) in [6.45, 7) is 6.56. The second-order valence-electron chi connectivity index (χ2n) is 10.0. The summed E-state index contributed by atoms with van der Waals surface area (Å²) in [5, 5.41) is 0. The highest BCUT2D eigenvalue weighted by Gasteiger charge is 2.69. The molecule has 6 nitrogen and oxygen atoms in total. The van der Waals surface area contributed by atoms with Crippen molar-refractivity contribution in [3.63, 3.8) is 0 Å². The Labute approximate surface area is 168 Å². The fourth-order valence-electron chi connectivity index (χ4n) is 6.69. The molecule has 0 aromatic heterocycles. The van der Waals surface area contributed by atoms with Crippen LogP contribution in [0.5, 0.6) is 0 Å². The minimum atomic E-state index is -0.734. The van der Waals surface area contributed by atoms with Crippen molar-refractivity contribution in [2.45, 2.75) is 108 Å². The van der Waals surface area contributed by atoms with Crippen LogP contribution in [0, 0.1) is 23.7 Å². The zero-order valence-electron chi connectivity index (χ0n) is 17.7. The molecule has 0 N–H and O–H groups in total. The summed E-state index contributed by atoms with van der Waals surface area (Å²) in [5.74, 6) is 0.772. The zero-order chi connectivity index (χ0) is 19.5. The molecular weight excluding hydrogens is 360 g/mol. The molecule has 6 aliphatic rings. The Morgan fingerprint density at radius 2 is 1.68 bits per heavy atom. The molecule has 1 spiro atoms. The third-order valence-corrected chi connectivity index (χ3v) is 8.35. The zero-order valence-corrected chi connectivity index (χ0v) is 17.7. The molecule has 0 amide bonds. The van der Waals surface area contributed by atoms with Crippen LogP contribution in [-0.4, -0.2) is 43.3 Å². The van der Waals surface area contributed by atoms with Crippen molar-refractivity contribution in [2.24, 2.45) is 23.7 Å². The van der Waals surface area contributed by atoms with E-state index >= 15 is 0 Å². The van der Waals surface area contributed by atoms with Crippen molar-refractivity contribution in [1.82, 2.24) is 0 Å². The normalized spacial score (nSPS) is 56.1. The Bertz CT molecular complexity index is 585. The van der Waals surface area contributed by atoms with Crippen LogP contribution in [0.3, 0.4) is 0 Å². The number of hydrogen-bond acceptors (Lipinski definition) is 6. The van der Waals surface area contributed by atoms with Gasteiger partial charge in [0.25, 0.3) is 0 Å². The first kappa shape index (κ1) is 19.7. The van der Waals surface area contributed by atoms with Gasteiger partial charge >= 0.3 is 0 Å². The maximum Gasteiger partial charge on any atom is 0.201 e. The van der Waals surface area contributed by atoms with Crippen LogP contribution in [-0.2, 0) is 28.7 Å². The number of methoxy groups -OCH3 is 1. The Morgan fingerprint density at radius 3 is 2.46 bits per heavy atom. The van der Waals surface area contributed by atoms with Gasteiger partial charge in [0.2, 0.25) is 5.79 Å².